The van der Waals surface area contributed by atoms with E-state index in [1.54, 1.807) is 12.1 Å². The van der Waals surface area contributed by atoms with Crippen LogP contribution >= 0.6 is 0 Å². The van der Waals surface area contributed by atoms with Crippen molar-refractivity contribution in [3.8, 4) is 5.75 Å². The molecule has 118 valence electrons. The maximum Gasteiger partial charge on any atom is 0.443 e. The van der Waals surface area contributed by atoms with Crippen molar-refractivity contribution in [1.29, 1.82) is 0 Å². The van der Waals surface area contributed by atoms with Crippen LogP contribution < -0.4 is 4.74 Å². The van der Waals surface area contributed by atoms with Crippen molar-refractivity contribution in [2.24, 2.45) is 5.16 Å². The van der Waals surface area contributed by atoms with Gasteiger partial charge in [-0.05, 0) is 31.2 Å². The van der Waals surface area contributed by atoms with Gasteiger partial charge in [-0.2, -0.15) is 0 Å². The first-order chi connectivity index (χ1) is 10.5. The molecule has 22 heavy (non-hydrogen) atoms. The fourth-order valence-electron chi connectivity index (χ4n) is 1.40. The number of benzene rings is 1. The SMILES string of the molecule is CCOC(=O)C(=O)O/N=C(\C[N+](=O)[O-])c1ccc(OC)cc1. The van der Waals surface area contributed by atoms with Gasteiger partial charge in [-0.25, -0.2) is 9.59 Å². The van der Waals surface area contributed by atoms with E-state index in [4.69, 9.17) is 4.74 Å². The van der Waals surface area contributed by atoms with Crippen molar-refractivity contribution in [3.63, 3.8) is 0 Å². The zero-order chi connectivity index (χ0) is 16.5. The maximum absolute atomic E-state index is 11.3. The van der Waals surface area contributed by atoms with Crippen molar-refractivity contribution in [1.82, 2.24) is 0 Å². The Balaban J connectivity index is 2.91. The van der Waals surface area contributed by atoms with E-state index >= 15 is 0 Å². The predicted molar refractivity (Wildman–Crippen MR) is 74.1 cm³/mol. The van der Waals surface area contributed by atoms with E-state index in [9.17, 15) is 19.7 Å². The summed E-state index contributed by atoms with van der Waals surface area (Å²) in [7, 11) is 1.47. The largest absolute Gasteiger partial charge is 0.497 e. The molecule has 0 bridgehead atoms. The van der Waals surface area contributed by atoms with Gasteiger partial charge in [0.2, 0.25) is 6.54 Å². The zero-order valence-corrected chi connectivity index (χ0v) is 12.0. The number of oxime groups is 1. The molecule has 0 aliphatic rings. The number of nitro groups is 1. The molecular formula is C13H14N2O7. The average molecular weight is 310 g/mol. The summed E-state index contributed by atoms with van der Waals surface area (Å²) in [4.78, 5) is 36.7. The molecule has 1 aromatic rings. The zero-order valence-electron chi connectivity index (χ0n) is 12.0. The van der Waals surface area contributed by atoms with Gasteiger partial charge in [-0.1, -0.05) is 5.16 Å². The maximum atomic E-state index is 11.3. The van der Waals surface area contributed by atoms with Crippen molar-refractivity contribution < 1.29 is 28.8 Å². The van der Waals surface area contributed by atoms with E-state index in [2.05, 4.69) is 14.7 Å². The second-order valence-corrected chi connectivity index (χ2v) is 3.86. The molecule has 0 amide bonds. The number of rotatable bonds is 6. The Morgan fingerprint density at radius 2 is 1.86 bits per heavy atom. The third kappa shape index (κ3) is 5.19. The molecule has 1 aromatic carbocycles. The normalized spacial score (nSPS) is 10.7. The van der Waals surface area contributed by atoms with Gasteiger partial charge in [-0.3, -0.25) is 10.1 Å². The lowest BCUT2D eigenvalue weighted by molar-refractivity contribution is -0.463. The summed E-state index contributed by atoms with van der Waals surface area (Å²) >= 11 is 0. The molecule has 0 radical (unpaired) electrons. The number of carbonyl (C=O) groups is 2. The molecule has 9 nitrogen and oxygen atoms in total. The molecule has 0 N–H and O–H groups in total. The smallest absolute Gasteiger partial charge is 0.443 e. The minimum Gasteiger partial charge on any atom is -0.497 e. The fraction of sp³-hybridized carbons (Fsp3) is 0.308. The molecule has 0 unspecified atom stereocenters. The van der Waals surface area contributed by atoms with Gasteiger partial charge in [0.15, 0.2) is 5.71 Å². The van der Waals surface area contributed by atoms with Crippen LogP contribution in [0.15, 0.2) is 29.4 Å². The first kappa shape index (κ1) is 17.1. The summed E-state index contributed by atoms with van der Waals surface area (Å²) in [5, 5.41) is 14.0. The molecule has 0 atom stereocenters. The molecule has 0 aliphatic heterocycles. The van der Waals surface area contributed by atoms with E-state index in [-0.39, 0.29) is 12.3 Å². The summed E-state index contributed by atoms with van der Waals surface area (Å²) < 4.78 is 9.39. The Morgan fingerprint density at radius 3 is 2.36 bits per heavy atom. The number of carbonyl (C=O) groups excluding carboxylic acids is 2. The van der Waals surface area contributed by atoms with Crippen LogP contribution in [0, 0.1) is 10.1 Å². The van der Waals surface area contributed by atoms with E-state index in [0.29, 0.717) is 11.3 Å². The van der Waals surface area contributed by atoms with Crippen LogP contribution in [0.5, 0.6) is 5.75 Å². The van der Waals surface area contributed by atoms with Gasteiger partial charge in [0, 0.05) is 10.5 Å². The van der Waals surface area contributed by atoms with Crippen LogP contribution in [0.1, 0.15) is 12.5 Å². The molecule has 1 rings (SSSR count). The average Bonchev–Trinajstić information content (AvgIpc) is 2.51. The molecule has 0 fully saturated rings. The Labute approximate surface area is 125 Å². The predicted octanol–water partition coefficient (Wildman–Crippen LogP) is 0.782. The summed E-state index contributed by atoms with van der Waals surface area (Å²) in [6, 6.07) is 6.16. The highest BCUT2D eigenvalue weighted by Crippen LogP contribution is 2.12. The van der Waals surface area contributed by atoms with Gasteiger partial charge >= 0.3 is 11.9 Å². The van der Waals surface area contributed by atoms with Gasteiger partial charge in [0.05, 0.1) is 13.7 Å². The summed E-state index contributed by atoms with van der Waals surface area (Å²) in [6.07, 6.45) is 0. The molecule has 0 aromatic heterocycles. The van der Waals surface area contributed by atoms with Gasteiger partial charge in [-0.15, -0.1) is 0 Å². The molecule has 0 heterocycles. The lowest BCUT2D eigenvalue weighted by Crippen LogP contribution is -2.21. The number of hydrogen-bond donors (Lipinski definition) is 0. The number of esters is 1. The van der Waals surface area contributed by atoms with Crippen LogP contribution in [0.25, 0.3) is 0 Å². The number of methoxy groups -OCH3 is 1. The Hall–Kier alpha value is -2.97. The highest BCUT2D eigenvalue weighted by atomic mass is 16.7. The standard InChI is InChI=1S/C13H14N2O7/c1-3-21-12(16)13(17)22-14-11(8-15(18)19)9-4-6-10(20-2)7-5-9/h4-7H,3,8H2,1-2H3/b14-11+. The first-order valence-corrected chi connectivity index (χ1v) is 6.19. The Kier molecular flexibility index (Phi) is 6.48. The molecule has 0 saturated carbocycles. The second-order valence-electron chi connectivity index (χ2n) is 3.86. The van der Waals surface area contributed by atoms with Crippen LogP contribution in [0.4, 0.5) is 0 Å². The Morgan fingerprint density at radius 1 is 1.23 bits per heavy atom. The van der Waals surface area contributed by atoms with Crippen molar-refractivity contribution >= 4 is 17.7 Å². The molecule has 0 spiro atoms. The lowest BCUT2D eigenvalue weighted by Gasteiger charge is -2.04. The molecule has 9 heteroatoms. The molecular weight excluding hydrogens is 296 g/mol. The minimum atomic E-state index is -1.35. The summed E-state index contributed by atoms with van der Waals surface area (Å²) in [6.45, 7) is 0.838. The fourth-order valence-corrected chi connectivity index (χ4v) is 1.40. The first-order valence-electron chi connectivity index (χ1n) is 6.19. The van der Waals surface area contributed by atoms with Crippen LogP contribution in [0.3, 0.4) is 0 Å². The highest BCUT2D eigenvalue weighted by Gasteiger charge is 2.19. The third-order valence-electron chi connectivity index (χ3n) is 2.38. The highest BCUT2D eigenvalue weighted by molar-refractivity contribution is 6.29. The minimum absolute atomic E-state index is 0.00210. The quantitative estimate of drug-likeness (QED) is 0.190. The lowest BCUT2D eigenvalue weighted by atomic mass is 10.1. The van der Waals surface area contributed by atoms with Gasteiger partial charge in [0.1, 0.15) is 5.75 Å². The van der Waals surface area contributed by atoms with E-state index in [1.165, 1.54) is 26.2 Å². The van der Waals surface area contributed by atoms with Gasteiger partial charge < -0.3 is 14.3 Å². The molecule has 0 saturated heterocycles. The van der Waals surface area contributed by atoms with Crippen molar-refractivity contribution in [2.45, 2.75) is 6.92 Å². The topological polar surface area (TPSA) is 117 Å². The monoisotopic (exact) mass is 310 g/mol. The molecule has 0 aliphatic carbocycles. The van der Waals surface area contributed by atoms with E-state index < -0.39 is 23.4 Å². The van der Waals surface area contributed by atoms with Crippen LogP contribution in [-0.2, 0) is 19.2 Å². The summed E-state index contributed by atoms with van der Waals surface area (Å²) in [5.74, 6) is -2.02. The third-order valence-corrected chi connectivity index (χ3v) is 2.38. The van der Waals surface area contributed by atoms with Crippen LogP contribution in [-0.4, -0.2) is 42.8 Å². The van der Waals surface area contributed by atoms with E-state index in [0.717, 1.165) is 0 Å². The van der Waals surface area contributed by atoms with Crippen LogP contribution in [0.2, 0.25) is 0 Å². The Bertz CT molecular complexity index is 581. The van der Waals surface area contributed by atoms with Crippen molar-refractivity contribution in [3.05, 3.63) is 39.9 Å². The summed E-state index contributed by atoms with van der Waals surface area (Å²) in [5.41, 5.74) is 0.236. The number of ether oxygens (including phenoxy) is 2. The van der Waals surface area contributed by atoms with Gasteiger partial charge in [0.25, 0.3) is 0 Å². The second kappa shape index (κ2) is 8.35. The number of nitrogens with zero attached hydrogens (tertiary/aromatic N) is 2. The van der Waals surface area contributed by atoms with E-state index in [1.807, 2.05) is 0 Å². The van der Waals surface area contributed by atoms with Crippen molar-refractivity contribution in [2.75, 3.05) is 20.3 Å². The number of hydrogen-bond acceptors (Lipinski definition) is 8.